The number of halogens is 1. The predicted octanol–water partition coefficient (Wildman–Crippen LogP) is 3.34. The lowest BCUT2D eigenvalue weighted by Crippen LogP contribution is -2.23. The Bertz CT molecular complexity index is 508. The Morgan fingerprint density at radius 2 is 2.18 bits per heavy atom. The van der Waals surface area contributed by atoms with Crippen molar-refractivity contribution in [3.8, 4) is 0 Å². The van der Waals surface area contributed by atoms with Crippen LogP contribution in [-0.4, -0.2) is 20.6 Å². The van der Waals surface area contributed by atoms with E-state index in [1.807, 2.05) is 18.3 Å². The van der Waals surface area contributed by atoms with E-state index in [0.717, 1.165) is 16.5 Å². The second-order valence-electron chi connectivity index (χ2n) is 4.40. The van der Waals surface area contributed by atoms with Crippen LogP contribution >= 0.6 is 15.9 Å². The van der Waals surface area contributed by atoms with Crippen molar-refractivity contribution in [1.29, 1.82) is 0 Å². The molecule has 2 aromatic rings. The van der Waals surface area contributed by atoms with E-state index in [1.165, 1.54) is 0 Å². The van der Waals surface area contributed by atoms with Crippen LogP contribution in [0.15, 0.2) is 22.8 Å². The molecule has 2 unspecified atom stereocenters. The van der Waals surface area contributed by atoms with Crippen LogP contribution < -0.4 is 5.32 Å². The molecule has 0 fully saturated rings. The molecule has 92 valence electrons. The second-order valence-corrected chi connectivity index (χ2v) is 5.32. The summed E-state index contributed by atoms with van der Waals surface area (Å²) < 4.78 is 2.77. The molecule has 0 aliphatic rings. The summed E-state index contributed by atoms with van der Waals surface area (Å²) >= 11 is 3.42. The lowest BCUT2D eigenvalue weighted by molar-refractivity contribution is 0.492. The average Bonchev–Trinajstić information content (AvgIpc) is 2.69. The minimum absolute atomic E-state index is 0.376. The van der Waals surface area contributed by atoms with Crippen molar-refractivity contribution in [2.24, 2.45) is 5.92 Å². The highest BCUT2D eigenvalue weighted by atomic mass is 79.9. The Morgan fingerprint density at radius 1 is 1.41 bits per heavy atom. The molecule has 2 aromatic heterocycles. The van der Waals surface area contributed by atoms with Crippen molar-refractivity contribution in [1.82, 2.24) is 14.6 Å². The highest BCUT2D eigenvalue weighted by molar-refractivity contribution is 9.10. The van der Waals surface area contributed by atoms with E-state index in [0.29, 0.717) is 17.9 Å². The Labute approximate surface area is 110 Å². The summed E-state index contributed by atoms with van der Waals surface area (Å²) in [6.45, 7) is 6.58. The van der Waals surface area contributed by atoms with Crippen LogP contribution in [-0.2, 0) is 0 Å². The predicted molar refractivity (Wildman–Crippen MR) is 73.2 cm³/mol. The maximum atomic E-state index is 4.43. The highest BCUT2D eigenvalue weighted by Crippen LogP contribution is 2.15. The molecule has 5 heteroatoms. The number of hydrogen-bond acceptors (Lipinski definition) is 3. The summed E-state index contributed by atoms with van der Waals surface area (Å²) in [5, 5.41) is 7.74. The topological polar surface area (TPSA) is 42.2 Å². The molecule has 0 aromatic carbocycles. The molecule has 0 spiro atoms. The molecule has 4 nitrogen and oxygen atoms in total. The van der Waals surface area contributed by atoms with Gasteiger partial charge in [0.1, 0.15) is 0 Å². The number of fused-ring (bicyclic) bond motifs is 1. The van der Waals surface area contributed by atoms with Gasteiger partial charge in [0.15, 0.2) is 5.65 Å². The number of aromatic nitrogens is 3. The molecule has 2 atom stereocenters. The number of nitrogens with one attached hydrogen (secondary N) is 1. The number of pyridine rings is 1. The van der Waals surface area contributed by atoms with Crippen molar-refractivity contribution in [3.05, 3.63) is 22.8 Å². The van der Waals surface area contributed by atoms with Gasteiger partial charge in [0, 0.05) is 16.7 Å². The third-order valence-electron chi connectivity index (χ3n) is 3.15. The summed E-state index contributed by atoms with van der Waals surface area (Å²) in [4.78, 5) is 4.43. The summed E-state index contributed by atoms with van der Waals surface area (Å²) in [7, 11) is 0. The minimum atomic E-state index is 0.376. The molecular weight excluding hydrogens is 280 g/mol. The first kappa shape index (κ1) is 12.4. The first-order chi connectivity index (χ1) is 8.10. The van der Waals surface area contributed by atoms with Crippen LogP contribution in [0.5, 0.6) is 0 Å². The summed E-state index contributed by atoms with van der Waals surface area (Å²) in [6.07, 6.45) is 3.05. The Morgan fingerprint density at radius 3 is 2.88 bits per heavy atom. The molecular formula is C12H17BrN4. The normalized spacial score (nSPS) is 14.8. The van der Waals surface area contributed by atoms with Gasteiger partial charge < -0.3 is 5.32 Å². The van der Waals surface area contributed by atoms with Crippen LogP contribution in [0.2, 0.25) is 0 Å². The number of hydrogen-bond donors (Lipinski definition) is 1. The molecule has 0 saturated heterocycles. The Balaban J connectivity index is 2.19. The Kier molecular flexibility index (Phi) is 3.66. The number of rotatable bonds is 4. The standard InChI is InChI=1S/C12H17BrN4/c1-4-8(2)9(3)14-12-15-11-6-5-10(13)7-17(11)16-12/h5-9H,4H2,1-3H3,(H,14,16). The zero-order valence-electron chi connectivity index (χ0n) is 10.3. The number of anilines is 1. The van der Waals surface area contributed by atoms with Gasteiger partial charge in [0.2, 0.25) is 5.95 Å². The molecule has 2 heterocycles. The second kappa shape index (κ2) is 5.04. The molecule has 0 aliphatic carbocycles. The maximum Gasteiger partial charge on any atom is 0.243 e. The van der Waals surface area contributed by atoms with Crippen LogP contribution in [0.4, 0.5) is 5.95 Å². The molecule has 2 rings (SSSR count). The minimum Gasteiger partial charge on any atom is -0.350 e. The van der Waals surface area contributed by atoms with Crippen molar-refractivity contribution >= 4 is 27.5 Å². The lowest BCUT2D eigenvalue weighted by Gasteiger charge is -2.18. The smallest absolute Gasteiger partial charge is 0.243 e. The van der Waals surface area contributed by atoms with E-state index in [2.05, 4.69) is 52.1 Å². The van der Waals surface area contributed by atoms with E-state index in [4.69, 9.17) is 0 Å². The van der Waals surface area contributed by atoms with Crippen LogP contribution in [0.3, 0.4) is 0 Å². The quantitative estimate of drug-likeness (QED) is 0.941. The highest BCUT2D eigenvalue weighted by Gasteiger charge is 2.12. The van der Waals surface area contributed by atoms with Gasteiger partial charge in [0.05, 0.1) is 0 Å². The summed E-state index contributed by atoms with van der Waals surface area (Å²) in [6, 6.07) is 4.28. The SMILES string of the molecule is CCC(C)C(C)Nc1nc2ccc(Br)cn2n1. The van der Waals surface area contributed by atoms with Crippen molar-refractivity contribution in [2.75, 3.05) is 5.32 Å². The molecule has 1 N–H and O–H groups in total. The van der Waals surface area contributed by atoms with Crippen molar-refractivity contribution in [3.63, 3.8) is 0 Å². The fraction of sp³-hybridized carbons (Fsp3) is 0.500. The van der Waals surface area contributed by atoms with Crippen molar-refractivity contribution < 1.29 is 0 Å². The first-order valence-corrected chi connectivity index (χ1v) is 6.68. The van der Waals surface area contributed by atoms with Crippen LogP contribution in [0.1, 0.15) is 27.2 Å². The maximum absolute atomic E-state index is 4.43. The van der Waals surface area contributed by atoms with Gasteiger partial charge in [-0.25, -0.2) is 4.52 Å². The van der Waals surface area contributed by atoms with Crippen LogP contribution in [0, 0.1) is 5.92 Å². The van der Waals surface area contributed by atoms with Gasteiger partial charge in [-0.3, -0.25) is 0 Å². The monoisotopic (exact) mass is 296 g/mol. The molecule has 0 amide bonds. The zero-order valence-corrected chi connectivity index (χ0v) is 11.9. The van der Waals surface area contributed by atoms with Gasteiger partial charge in [-0.2, -0.15) is 4.98 Å². The van der Waals surface area contributed by atoms with Gasteiger partial charge in [0.25, 0.3) is 0 Å². The summed E-state index contributed by atoms with van der Waals surface area (Å²) in [5.41, 5.74) is 0.854. The van der Waals surface area contributed by atoms with E-state index < -0.39 is 0 Å². The van der Waals surface area contributed by atoms with Gasteiger partial charge in [-0.1, -0.05) is 20.3 Å². The average molecular weight is 297 g/mol. The lowest BCUT2D eigenvalue weighted by atomic mass is 10.0. The molecule has 0 bridgehead atoms. The first-order valence-electron chi connectivity index (χ1n) is 5.88. The third kappa shape index (κ3) is 2.77. The molecule has 0 aliphatic heterocycles. The van der Waals surface area contributed by atoms with Crippen molar-refractivity contribution in [2.45, 2.75) is 33.2 Å². The fourth-order valence-corrected chi connectivity index (χ4v) is 1.94. The van der Waals surface area contributed by atoms with E-state index >= 15 is 0 Å². The molecule has 0 saturated carbocycles. The third-order valence-corrected chi connectivity index (χ3v) is 3.62. The van der Waals surface area contributed by atoms with E-state index in [1.54, 1.807) is 4.52 Å². The van der Waals surface area contributed by atoms with E-state index in [9.17, 15) is 0 Å². The Hall–Kier alpha value is -1.10. The molecule has 0 radical (unpaired) electrons. The van der Waals surface area contributed by atoms with Gasteiger partial charge in [-0.15, -0.1) is 5.10 Å². The number of nitrogens with zero attached hydrogens (tertiary/aromatic N) is 3. The fourth-order valence-electron chi connectivity index (χ4n) is 1.62. The van der Waals surface area contributed by atoms with Gasteiger partial charge in [-0.05, 0) is 40.9 Å². The summed E-state index contributed by atoms with van der Waals surface area (Å²) in [5.74, 6) is 1.30. The van der Waals surface area contributed by atoms with Gasteiger partial charge >= 0.3 is 0 Å². The largest absolute Gasteiger partial charge is 0.350 e. The van der Waals surface area contributed by atoms with Crippen LogP contribution in [0.25, 0.3) is 5.65 Å². The van der Waals surface area contributed by atoms with E-state index in [-0.39, 0.29) is 0 Å². The zero-order chi connectivity index (χ0) is 12.4. The molecule has 17 heavy (non-hydrogen) atoms.